The van der Waals surface area contributed by atoms with Crippen molar-refractivity contribution >= 4 is 11.6 Å². The summed E-state index contributed by atoms with van der Waals surface area (Å²) in [6, 6.07) is 11.6. The summed E-state index contributed by atoms with van der Waals surface area (Å²) in [4.78, 5) is 15.0. The molecule has 0 aliphatic heterocycles. The Kier molecular flexibility index (Phi) is 5.29. The molecule has 0 aliphatic carbocycles. The van der Waals surface area contributed by atoms with Gasteiger partial charge in [0, 0.05) is 38.0 Å². The first-order valence-electron chi connectivity index (χ1n) is 6.73. The number of pyridine rings is 1. The van der Waals surface area contributed by atoms with Crippen LogP contribution in [-0.4, -0.2) is 18.0 Å². The predicted molar refractivity (Wildman–Crippen MR) is 82.1 cm³/mol. The molecule has 2 N–H and O–H groups in total. The van der Waals surface area contributed by atoms with Crippen LogP contribution in [0.4, 0.5) is 5.69 Å². The summed E-state index contributed by atoms with van der Waals surface area (Å²) in [5.41, 5.74) is 3.09. The van der Waals surface area contributed by atoms with E-state index < -0.39 is 0 Å². The molecule has 0 radical (unpaired) electrons. The summed E-state index contributed by atoms with van der Waals surface area (Å²) in [7, 11) is 1.61. The molecule has 2 aromatic rings. The Morgan fingerprint density at radius 1 is 1.14 bits per heavy atom. The van der Waals surface area contributed by atoms with Crippen molar-refractivity contribution in [1.29, 1.82) is 0 Å². The Bertz CT molecular complexity index is 597. The van der Waals surface area contributed by atoms with Gasteiger partial charge in [0.1, 0.15) is 0 Å². The molecule has 5 heteroatoms. The summed E-state index contributed by atoms with van der Waals surface area (Å²) in [5, 5.41) is 6.11. The highest BCUT2D eigenvalue weighted by Crippen LogP contribution is 2.11. The lowest BCUT2D eigenvalue weighted by Gasteiger charge is -2.07. The molecule has 0 aliphatic rings. The van der Waals surface area contributed by atoms with Crippen LogP contribution in [0.2, 0.25) is 0 Å². The van der Waals surface area contributed by atoms with Crippen molar-refractivity contribution in [3.05, 3.63) is 53.7 Å². The first-order chi connectivity index (χ1) is 10.2. The van der Waals surface area contributed by atoms with Crippen LogP contribution in [0.3, 0.4) is 0 Å². The second-order valence-electron chi connectivity index (χ2n) is 4.69. The molecule has 2 rings (SSSR count). The molecule has 21 heavy (non-hydrogen) atoms. The molecule has 0 bridgehead atoms. The van der Waals surface area contributed by atoms with Crippen molar-refractivity contribution in [3.63, 3.8) is 0 Å². The van der Waals surface area contributed by atoms with Gasteiger partial charge in [-0.2, -0.15) is 0 Å². The molecule has 1 amide bonds. The zero-order valence-corrected chi connectivity index (χ0v) is 12.2. The van der Waals surface area contributed by atoms with Crippen molar-refractivity contribution in [2.45, 2.75) is 20.0 Å². The van der Waals surface area contributed by atoms with Crippen LogP contribution in [0.1, 0.15) is 18.1 Å². The van der Waals surface area contributed by atoms with Gasteiger partial charge in [-0.1, -0.05) is 12.1 Å². The third-order valence-corrected chi connectivity index (χ3v) is 2.94. The molecule has 1 aromatic heterocycles. The maximum Gasteiger partial charge on any atom is 0.221 e. The average Bonchev–Trinajstić information content (AvgIpc) is 2.49. The highest BCUT2D eigenvalue weighted by molar-refractivity contribution is 5.88. The van der Waals surface area contributed by atoms with E-state index in [1.54, 1.807) is 13.3 Å². The predicted octanol–water partition coefficient (Wildman–Crippen LogP) is 2.34. The fraction of sp³-hybridized carbons (Fsp3) is 0.250. The fourth-order valence-electron chi connectivity index (χ4n) is 1.93. The smallest absolute Gasteiger partial charge is 0.221 e. The van der Waals surface area contributed by atoms with Crippen LogP contribution in [0.25, 0.3) is 0 Å². The SMILES string of the molecule is COc1cc(CNCc2ccc(NC(C)=O)cc2)ccn1. The normalized spacial score (nSPS) is 10.2. The number of ether oxygens (including phenoxy) is 1. The molecule has 110 valence electrons. The summed E-state index contributed by atoms with van der Waals surface area (Å²) in [5.74, 6) is 0.557. The number of hydrogen-bond acceptors (Lipinski definition) is 4. The number of nitrogens with zero attached hydrogens (tertiary/aromatic N) is 1. The minimum absolute atomic E-state index is 0.0625. The van der Waals surface area contributed by atoms with Gasteiger partial charge < -0.3 is 15.4 Å². The highest BCUT2D eigenvalue weighted by Gasteiger charge is 1.99. The molecule has 0 saturated carbocycles. The maximum absolute atomic E-state index is 10.9. The monoisotopic (exact) mass is 285 g/mol. The highest BCUT2D eigenvalue weighted by atomic mass is 16.5. The van der Waals surface area contributed by atoms with E-state index in [1.165, 1.54) is 6.92 Å². The third-order valence-electron chi connectivity index (χ3n) is 2.94. The van der Waals surface area contributed by atoms with Crippen molar-refractivity contribution in [2.75, 3.05) is 12.4 Å². The van der Waals surface area contributed by atoms with Crippen molar-refractivity contribution < 1.29 is 9.53 Å². The van der Waals surface area contributed by atoms with Gasteiger partial charge in [0.25, 0.3) is 0 Å². The molecule has 0 fully saturated rings. The first kappa shape index (κ1) is 15.0. The molecule has 0 saturated heterocycles. The van der Waals surface area contributed by atoms with Gasteiger partial charge in [-0.25, -0.2) is 4.98 Å². The van der Waals surface area contributed by atoms with Crippen LogP contribution < -0.4 is 15.4 Å². The lowest BCUT2D eigenvalue weighted by atomic mass is 10.2. The van der Waals surface area contributed by atoms with E-state index in [0.717, 1.165) is 29.9 Å². The number of hydrogen-bond donors (Lipinski definition) is 2. The number of rotatable bonds is 6. The summed E-state index contributed by atoms with van der Waals surface area (Å²) >= 11 is 0. The Morgan fingerprint density at radius 3 is 2.52 bits per heavy atom. The Balaban J connectivity index is 1.84. The Hall–Kier alpha value is -2.40. The van der Waals surface area contributed by atoms with Gasteiger partial charge in [0.2, 0.25) is 11.8 Å². The van der Waals surface area contributed by atoms with E-state index in [9.17, 15) is 4.79 Å². The summed E-state index contributed by atoms with van der Waals surface area (Å²) in [6.45, 7) is 3.00. The number of carbonyl (C=O) groups is 1. The molecule has 5 nitrogen and oxygen atoms in total. The largest absolute Gasteiger partial charge is 0.481 e. The Morgan fingerprint density at radius 2 is 1.86 bits per heavy atom. The zero-order valence-electron chi connectivity index (χ0n) is 12.2. The van der Waals surface area contributed by atoms with Crippen molar-refractivity contribution in [2.24, 2.45) is 0 Å². The minimum atomic E-state index is -0.0625. The van der Waals surface area contributed by atoms with Gasteiger partial charge in [-0.05, 0) is 29.3 Å². The molecule has 1 heterocycles. The van der Waals surface area contributed by atoms with Crippen LogP contribution in [0.15, 0.2) is 42.6 Å². The quantitative estimate of drug-likeness (QED) is 0.855. The number of carbonyl (C=O) groups excluding carboxylic acids is 1. The number of nitrogens with one attached hydrogen (secondary N) is 2. The molecule has 1 aromatic carbocycles. The van der Waals surface area contributed by atoms with Crippen LogP contribution in [-0.2, 0) is 17.9 Å². The van der Waals surface area contributed by atoms with Gasteiger partial charge in [0.15, 0.2) is 0 Å². The number of amides is 1. The number of methoxy groups -OCH3 is 1. The molecular weight excluding hydrogens is 266 g/mol. The zero-order chi connectivity index (χ0) is 15.1. The van der Waals surface area contributed by atoms with Gasteiger partial charge in [-0.3, -0.25) is 4.79 Å². The lowest BCUT2D eigenvalue weighted by Crippen LogP contribution is -2.13. The van der Waals surface area contributed by atoms with E-state index in [0.29, 0.717) is 5.88 Å². The van der Waals surface area contributed by atoms with E-state index in [1.807, 2.05) is 36.4 Å². The molecule has 0 atom stereocenters. The van der Waals surface area contributed by atoms with Crippen LogP contribution >= 0.6 is 0 Å². The summed E-state index contributed by atoms with van der Waals surface area (Å²) < 4.78 is 5.09. The fourth-order valence-corrected chi connectivity index (χ4v) is 1.93. The van der Waals surface area contributed by atoms with Crippen molar-refractivity contribution in [1.82, 2.24) is 10.3 Å². The van der Waals surface area contributed by atoms with E-state index in [2.05, 4.69) is 15.6 Å². The number of anilines is 1. The average molecular weight is 285 g/mol. The molecular formula is C16H19N3O2. The van der Waals surface area contributed by atoms with Crippen LogP contribution in [0, 0.1) is 0 Å². The van der Waals surface area contributed by atoms with E-state index in [-0.39, 0.29) is 5.91 Å². The van der Waals surface area contributed by atoms with E-state index in [4.69, 9.17) is 4.74 Å². The van der Waals surface area contributed by atoms with Gasteiger partial charge >= 0.3 is 0 Å². The van der Waals surface area contributed by atoms with Crippen molar-refractivity contribution in [3.8, 4) is 5.88 Å². The second-order valence-corrected chi connectivity index (χ2v) is 4.69. The Labute approximate surface area is 124 Å². The number of benzene rings is 1. The van der Waals surface area contributed by atoms with E-state index >= 15 is 0 Å². The topological polar surface area (TPSA) is 63.2 Å². The molecule has 0 unspecified atom stereocenters. The maximum atomic E-state index is 10.9. The third kappa shape index (κ3) is 4.89. The lowest BCUT2D eigenvalue weighted by molar-refractivity contribution is -0.114. The molecule has 0 spiro atoms. The summed E-state index contributed by atoms with van der Waals surface area (Å²) in [6.07, 6.45) is 1.73. The minimum Gasteiger partial charge on any atom is -0.481 e. The standard InChI is InChI=1S/C16H19N3O2/c1-12(20)19-15-5-3-13(4-6-15)10-17-11-14-7-8-18-16(9-14)21-2/h3-9,17H,10-11H2,1-2H3,(H,19,20). The number of aromatic nitrogens is 1. The van der Waals surface area contributed by atoms with Gasteiger partial charge in [0.05, 0.1) is 7.11 Å². The van der Waals surface area contributed by atoms with Crippen LogP contribution in [0.5, 0.6) is 5.88 Å². The van der Waals surface area contributed by atoms with Gasteiger partial charge in [-0.15, -0.1) is 0 Å². The second kappa shape index (κ2) is 7.40. The first-order valence-corrected chi connectivity index (χ1v) is 6.73.